The van der Waals surface area contributed by atoms with E-state index in [9.17, 15) is 9.59 Å². The summed E-state index contributed by atoms with van der Waals surface area (Å²) < 4.78 is 0. The van der Waals surface area contributed by atoms with Crippen LogP contribution in [0.1, 0.15) is 32.3 Å². The molecular formula is C19H22N2O3. The molecule has 5 nitrogen and oxygen atoms in total. The van der Waals surface area contributed by atoms with Crippen molar-refractivity contribution >= 4 is 17.6 Å². The van der Waals surface area contributed by atoms with E-state index < -0.39 is 11.4 Å². The van der Waals surface area contributed by atoms with E-state index >= 15 is 0 Å². The zero-order valence-corrected chi connectivity index (χ0v) is 14.2. The van der Waals surface area contributed by atoms with Gasteiger partial charge in [-0.05, 0) is 47.2 Å². The van der Waals surface area contributed by atoms with E-state index in [1.54, 1.807) is 26.2 Å². The molecule has 0 fully saturated rings. The first-order valence-electron chi connectivity index (χ1n) is 7.79. The summed E-state index contributed by atoms with van der Waals surface area (Å²) in [6.07, 6.45) is 3.55. The van der Waals surface area contributed by atoms with Gasteiger partial charge in [-0.3, -0.25) is 14.6 Å². The van der Waals surface area contributed by atoms with Crippen LogP contribution in [0.5, 0.6) is 0 Å². The Morgan fingerprint density at radius 2 is 1.75 bits per heavy atom. The van der Waals surface area contributed by atoms with Crippen molar-refractivity contribution in [2.75, 3.05) is 5.32 Å². The molecule has 5 heteroatoms. The molecule has 2 rings (SSSR count). The lowest BCUT2D eigenvalue weighted by molar-refractivity contribution is -0.139. The van der Waals surface area contributed by atoms with Gasteiger partial charge in [0, 0.05) is 24.5 Å². The fourth-order valence-corrected chi connectivity index (χ4v) is 2.58. The number of anilines is 1. The molecule has 2 N–H and O–H groups in total. The van der Waals surface area contributed by atoms with E-state index in [1.165, 1.54) is 0 Å². The van der Waals surface area contributed by atoms with Crippen LogP contribution in [-0.2, 0) is 9.59 Å². The summed E-state index contributed by atoms with van der Waals surface area (Å²) in [5.41, 5.74) is 3.11. The number of aliphatic carboxylic acids is 1. The van der Waals surface area contributed by atoms with E-state index in [2.05, 4.69) is 10.3 Å². The second-order valence-corrected chi connectivity index (χ2v) is 6.73. The lowest BCUT2D eigenvalue weighted by atomic mass is 9.85. The first-order chi connectivity index (χ1) is 11.3. The number of hydrogen-bond donors (Lipinski definition) is 2. The topological polar surface area (TPSA) is 79.3 Å². The third kappa shape index (κ3) is 4.91. The number of nitrogens with one attached hydrogen (secondary N) is 1. The molecule has 1 aromatic heterocycles. The predicted molar refractivity (Wildman–Crippen MR) is 93.7 cm³/mol. The van der Waals surface area contributed by atoms with E-state index in [4.69, 9.17) is 5.11 Å². The molecule has 2 aromatic rings. The van der Waals surface area contributed by atoms with Gasteiger partial charge in [-0.15, -0.1) is 0 Å². The normalized spacial score (nSPS) is 11.1. The monoisotopic (exact) mass is 326 g/mol. The first-order valence-corrected chi connectivity index (χ1v) is 7.79. The van der Waals surface area contributed by atoms with Crippen molar-refractivity contribution in [2.45, 2.75) is 33.6 Å². The van der Waals surface area contributed by atoms with Gasteiger partial charge in [-0.2, -0.15) is 0 Å². The molecule has 0 saturated carbocycles. The van der Waals surface area contributed by atoms with Crippen molar-refractivity contribution in [1.29, 1.82) is 0 Å². The van der Waals surface area contributed by atoms with Gasteiger partial charge in [0.15, 0.2) is 0 Å². The molecule has 0 unspecified atom stereocenters. The van der Waals surface area contributed by atoms with Crippen LogP contribution in [0.4, 0.5) is 5.69 Å². The molecule has 0 aliphatic heterocycles. The summed E-state index contributed by atoms with van der Waals surface area (Å²) in [5.74, 6) is -1.08. The maximum absolute atomic E-state index is 12.3. The molecule has 1 aromatic carbocycles. The summed E-state index contributed by atoms with van der Waals surface area (Å²) in [7, 11) is 0. The number of pyridine rings is 1. The number of aryl methyl sites for hydroxylation is 1. The molecule has 0 aliphatic rings. The lowest BCUT2D eigenvalue weighted by Gasteiger charge is -2.22. The van der Waals surface area contributed by atoms with Gasteiger partial charge in [0.2, 0.25) is 5.91 Å². The lowest BCUT2D eigenvalue weighted by Crippen LogP contribution is -2.25. The summed E-state index contributed by atoms with van der Waals surface area (Å²) in [4.78, 5) is 27.2. The standard InChI is InChI=1S/C19H22N2O3/c1-13-4-5-15(14-6-8-20-9-7-14)10-16(13)21-17(22)11-19(2,3)12-18(23)24/h4-10H,11-12H2,1-3H3,(H,21,22)(H,23,24). The molecule has 1 heterocycles. The summed E-state index contributed by atoms with van der Waals surface area (Å²) in [5, 5.41) is 11.8. The average Bonchev–Trinajstić information content (AvgIpc) is 2.48. The van der Waals surface area contributed by atoms with Crippen LogP contribution >= 0.6 is 0 Å². The SMILES string of the molecule is Cc1ccc(-c2ccncc2)cc1NC(=O)CC(C)(C)CC(=O)O. The summed E-state index contributed by atoms with van der Waals surface area (Å²) in [6, 6.07) is 9.69. The average molecular weight is 326 g/mol. The van der Waals surface area contributed by atoms with Crippen LogP contribution in [0.15, 0.2) is 42.7 Å². The molecule has 0 bridgehead atoms. The summed E-state index contributed by atoms with van der Waals surface area (Å²) in [6.45, 7) is 5.48. The van der Waals surface area contributed by atoms with E-state index in [1.807, 2.05) is 37.3 Å². The van der Waals surface area contributed by atoms with Gasteiger partial charge in [-0.1, -0.05) is 26.0 Å². The molecule has 0 aliphatic carbocycles. The quantitative estimate of drug-likeness (QED) is 0.844. The second-order valence-electron chi connectivity index (χ2n) is 6.73. The van der Waals surface area contributed by atoms with E-state index in [0.29, 0.717) is 0 Å². The third-order valence-electron chi connectivity index (χ3n) is 3.79. The highest BCUT2D eigenvalue weighted by Gasteiger charge is 2.25. The Balaban J connectivity index is 2.15. The highest BCUT2D eigenvalue weighted by atomic mass is 16.4. The van der Waals surface area contributed by atoms with Crippen molar-refractivity contribution in [3.05, 3.63) is 48.3 Å². The van der Waals surface area contributed by atoms with Crippen LogP contribution < -0.4 is 5.32 Å². The van der Waals surface area contributed by atoms with Gasteiger partial charge in [0.05, 0.1) is 6.42 Å². The van der Waals surface area contributed by atoms with Crippen molar-refractivity contribution in [3.63, 3.8) is 0 Å². The molecule has 0 radical (unpaired) electrons. The Morgan fingerprint density at radius 3 is 2.38 bits per heavy atom. The smallest absolute Gasteiger partial charge is 0.303 e. The van der Waals surface area contributed by atoms with Gasteiger partial charge < -0.3 is 10.4 Å². The number of hydrogen-bond acceptors (Lipinski definition) is 3. The third-order valence-corrected chi connectivity index (χ3v) is 3.79. The van der Waals surface area contributed by atoms with Crippen LogP contribution in [-0.4, -0.2) is 22.0 Å². The Morgan fingerprint density at radius 1 is 1.08 bits per heavy atom. The van der Waals surface area contributed by atoms with Crippen LogP contribution in [0.2, 0.25) is 0 Å². The van der Waals surface area contributed by atoms with Crippen LogP contribution in [0.3, 0.4) is 0 Å². The summed E-state index contributed by atoms with van der Waals surface area (Å²) >= 11 is 0. The fourth-order valence-electron chi connectivity index (χ4n) is 2.58. The number of amides is 1. The van der Waals surface area contributed by atoms with Gasteiger partial charge >= 0.3 is 5.97 Å². The maximum atomic E-state index is 12.3. The Hall–Kier alpha value is -2.69. The van der Waals surface area contributed by atoms with Crippen LogP contribution in [0.25, 0.3) is 11.1 Å². The van der Waals surface area contributed by atoms with Gasteiger partial charge in [0.1, 0.15) is 0 Å². The minimum absolute atomic E-state index is 0.0452. The van der Waals surface area contributed by atoms with Gasteiger partial charge in [0.25, 0.3) is 0 Å². The van der Waals surface area contributed by atoms with Crippen molar-refractivity contribution in [2.24, 2.45) is 5.41 Å². The zero-order chi connectivity index (χ0) is 17.7. The van der Waals surface area contributed by atoms with Crippen LogP contribution in [0, 0.1) is 12.3 Å². The largest absolute Gasteiger partial charge is 0.481 e. The minimum Gasteiger partial charge on any atom is -0.481 e. The van der Waals surface area contributed by atoms with Gasteiger partial charge in [-0.25, -0.2) is 0 Å². The molecular weight excluding hydrogens is 304 g/mol. The number of carbonyl (C=O) groups excluding carboxylic acids is 1. The number of carboxylic acids is 1. The highest BCUT2D eigenvalue weighted by Crippen LogP contribution is 2.28. The van der Waals surface area contributed by atoms with E-state index in [-0.39, 0.29) is 18.7 Å². The molecule has 1 amide bonds. The fraction of sp³-hybridized carbons (Fsp3) is 0.316. The van der Waals surface area contributed by atoms with E-state index in [0.717, 1.165) is 22.4 Å². The Labute approximate surface area is 141 Å². The number of carboxylic acid groups (broad SMARTS) is 1. The maximum Gasteiger partial charge on any atom is 0.303 e. The number of rotatable bonds is 6. The Bertz CT molecular complexity index is 740. The zero-order valence-electron chi connectivity index (χ0n) is 14.2. The number of nitrogens with zero attached hydrogens (tertiary/aromatic N) is 1. The highest BCUT2D eigenvalue weighted by molar-refractivity contribution is 5.93. The number of benzene rings is 1. The molecule has 0 saturated heterocycles. The molecule has 0 spiro atoms. The predicted octanol–water partition coefficient (Wildman–Crippen LogP) is 3.89. The van der Waals surface area contributed by atoms with Crippen molar-refractivity contribution in [3.8, 4) is 11.1 Å². The molecule has 0 atom stereocenters. The Kier molecular flexibility index (Phi) is 5.34. The molecule has 24 heavy (non-hydrogen) atoms. The minimum atomic E-state index is -0.899. The van der Waals surface area contributed by atoms with Crippen molar-refractivity contribution in [1.82, 2.24) is 4.98 Å². The molecule has 126 valence electrons. The first kappa shape index (κ1) is 17.7. The van der Waals surface area contributed by atoms with Crippen molar-refractivity contribution < 1.29 is 14.7 Å². The second kappa shape index (κ2) is 7.25. The number of aromatic nitrogens is 1. The number of carbonyl (C=O) groups is 2.